The first-order chi connectivity index (χ1) is 9.22. The molecule has 0 bridgehead atoms. The molecule has 0 unspecified atom stereocenters. The molecule has 0 spiro atoms. The lowest BCUT2D eigenvalue weighted by Gasteiger charge is -2.14. The Morgan fingerprint density at radius 1 is 1.21 bits per heavy atom. The highest BCUT2D eigenvalue weighted by Gasteiger charge is 2.11. The summed E-state index contributed by atoms with van der Waals surface area (Å²) in [5.41, 5.74) is 8.56. The summed E-state index contributed by atoms with van der Waals surface area (Å²) >= 11 is 0. The molecule has 0 atom stereocenters. The van der Waals surface area contributed by atoms with Crippen molar-refractivity contribution in [3.63, 3.8) is 0 Å². The summed E-state index contributed by atoms with van der Waals surface area (Å²) in [5, 5.41) is 3.27. The van der Waals surface area contributed by atoms with Crippen molar-refractivity contribution in [1.82, 2.24) is 9.97 Å². The predicted molar refractivity (Wildman–Crippen MR) is 79.1 cm³/mol. The molecule has 2 aromatic rings. The molecule has 4 heteroatoms. The lowest BCUT2D eigenvalue weighted by atomic mass is 10.1. The van der Waals surface area contributed by atoms with E-state index in [1.54, 1.807) is 0 Å². The van der Waals surface area contributed by atoms with Crippen LogP contribution in [0.2, 0.25) is 0 Å². The van der Waals surface area contributed by atoms with Gasteiger partial charge < -0.3 is 11.1 Å². The molecule has 1 aromatic heterocycles. The lowest BCUT2D eigenvalue weighted by Crippen LogP contribution is -2.15. The van der Waals surface area contributed by atoms with Gasteiger partial charge in [0.2, 0.25) is 0 Å². The van der Waals surface area contributed by atoms with Crippen molar-refractivity contribution in [3.8, 4) is 11.4 Å². The molecule has 0 aliphatic heterocycles. The third-order valence-corrected chi connectivity index (χ3v) is 2.86. The van der Waals surface area contributed by atoms with Gasteiger partial charge >= 0.3 is 0 Å². The molecule has 4 nitrogen and oxygen atoms in total. The molecule has 1 heterocycles. The molecule has 1 aromatic carbocycles. The second-order valence-electron chi connectivity index (χ2n) is 4.73. The van der Waals surface area contributed by atoms with Crippen LogP contribution in [0.3, 0.4) is 0 Å². The average Bonchev–Trinajstić information content (AvgIpc) is 2.45. The Labute approximate surface area is 114 Å². The van der Waals surface area contributed by atoms with Crippen molar-refractivity contribution >= 4 is 5.69 Å². The highest BCUT2D eigenvalue weighted by Crippen LogP contribution is 2.24. The van der Waals surface area contributed by atoms with E-state index in [9.17, 15) is 0 Å². The van der Waals surface area contributed by atoms with Gasteiger partial charge in [0.05, 0.1) is 17.6 Å². The summed E-state index contributed by atoms with van der Waals surface area (Å²) < 4.78 is 0. The quantitative estimate of drug-likeness (QED) is 0.863. The number of hydrogen-bond acceptors (Lipinski definition) is 4. The van der Waals surface area contributed by atoms with Crippen molar-refractivity contribution in [3.05, 3.63) is 42.2 Å². The second kappa shape index (κ2) is 6.29. The molecule has 0 aliphatic carbocycles. The Balaban J connectivity index is 2.36. The van der Waals surface area contributed by atoms with Crippen LogP contribution in [-0.4, -0.2) is 23.1 Å². The maximum Gasteiger partial charge on any atom is 0.159 e. The molecular weight excluding hydrogens is 236 g/mol. The molecule has 0 amide bonds. The van der Waals surface area contributed by atoms with Gasteiger partial charge in [-0.05, 0) is 5.92 Å². The molecule has 0 fully saturated rings. The van der Waals surface area contributed by atoms with Crippen LogP contribution in [0.5, 0.6) is 0 Å². The van der Waals surface area contributed by atoms with Gasteiger partial charge in [0.15, 0.2) is 5.82 Å². The minimum absolute atomic E-state index is 0.339. The number of nitrogens with one attached hydrogen (secondary N) is 1. The van der Waals surface area contributed by atoms with Crippen LogP contribution in [0, 0.1) is 0 Å². The zero-order valence-electron chi connectivity index (χ0n) is 11.4. The van der Waals surface area contributed by atoms with Crippen LogP contribution in [-0.2, 0) is 0 Å². The smallest absolute Gasteiger partial charge is 0.159 e. The maximum absolute atomic E-state index is 5.52. The first kappa shape index (κ1) is 13.5. The zero-order chi connectivity index (χ0) is 13.7. The van der Waals surface area contributed by atoms with Crippen LogP contribution in [0.1, 0.15) is 25.5 Å². The Hall–Kier alpha value is -1.94. The van der Waals surface area contributed by atoms with Gasteiger partial charge in [-0.1, -0.05) is 44.2 Å². The molecule has 0 radical (unpaired) electrons. The van der Waals surface area contributed by atoms with Crippen molar-refractivity contribution in [2.75, 3.05) is 18.4 Å². The molecule has 100 valence electrons. The van der Waals surface area contributed by atoms with E-state index in [0.717, 1.165) is 29.3 Å². The standard InChI is InChI=1S/C15H20N4/c1-11(2)14-13(17-9-8-16)10-18-15(19-14)12-6-4-3-5-7-12/h3-7,10-11,17H,8-9,16H2,1-2H3. The van der Waals surface area contributed by atoms with Crippen molar-refractivity contribution < 1.29 is 0 Å². The summed E-state index contributed by atoms with van der Waals surface area (Å²) in [6.07, 6.45) is 1.85. The van der Waals surface area contributed by atoms with Crippen molar-refractivity contribution in [1.29, 1.82) is 0 Å². The first-order valence-corrected chi connectivity index (χ1v) is 6.58. The molecule has 0 aliphatic rings. The van der Waals surface area contributed by atoms with E-state index in [1.807, 2.05) is 36.5 Å². The molecule has 0 saturated carbocycles. The molecular formula is C15H20N4. The Morgan fingerprint density at radius 3 is 2.58 bits per heavy atom. The van der Waals surface area contributed by atoms with E-state index in [4.69, 9.17) is 5.73 Å². The topological polar surface area (TPSA) is 63.8 Å². The number of benzene rings is 1. The first-order valence-electron chi connectivity index (χ1n) is 6.58. The summed E-state index contributed by atoms with van der Waals surface area (Å²) in [4.78, 5) is 9.11. The van der Waals surface area contributed by atoms with E-state index >= 15 is 0 Å². The number of hydrogen-bond donors (Lipinski definition) is 2. The van der Waals surface area contributed by atoms with E-state index in [2.05, 4.69) is 29.1 Å². The normalized spacial score (nSPS) is 10.7. The number of anilines is 1. The highest BCUT2D eigenvalue weighted by atomic mass is 15.0. The van der Waals surface area contributed by atoms with Crippen molar-refractivity contribution in [2.45, 2.75) is 19.8 Å². The molecule has 3 N–H and O–H groups in total. The molecule has 19 heavy (non-hydrogen) atoms. The summed E-state index contributed by atoms with van der Waals surface area (Å²) in [6, 6.07) is 10.0. The maximum atomic E-state index is 5.52. The van der Waals surface area contributed by atoms with Gasteiger partial charge in [0.1, 0.15) is 0 Å². The minimum atomic E-state index is 0.339. The SMILES string of the molecule is CC(C)c1nc(-c2ccccc2)ncc1NCCN. The average molecular weight is 256 g/mol. The summed E-state index contributed by atoms with van der Waals surface area (Å²) in [6.45, 7) is 5.58. The van der Waals surface area contributed by atoms with E-state index in [-0.39, 0.29) is 0 Å². The summed E-state index contributed by atoms with van der Waals surface area (Å²) in [5.74, 6) is 1.10. The monoisotopic (exact) mass is 256 g/mol. The van der Waals surface area contributed by atoms with Crippen molar-refractivity contribution in [2.24, 2.45) is 5.73 Å². The number of rotatable bonds is 5. The number of nitrogens with two attached hydrogens (primary N) is 1. The van der Waals surface area contributed by atoms with Gasteiger partial charge in [-0.25, -0.2) is 9.97 Å². The zero-order valence-corrected chi connectivity index (χ0v) is 11.4. The van der Waals surface area contributed by atoms with Crippen LogP contribution in [0.25, 0.3) is 11.4 Å². The third kappa shape index (κ3) is 3.29. The third-order valence-electron chi connectivity index (χ3n) is 2.86. The lowest BCUT2D eigenvalue weighted by molar-refractivity contribution is 0.815. The number of nitrogens with zero attached hydrogens (tertiary/aromatic N) is 2. The van der Waals surface area contributed by atoms with Crippen LogP contribution >= 0.6 is 0 Å². The fourth-order valence-electron chi connectivity index (χ4n) is 1.90. The minimum Gasteiger partial charge on any atom is -0.381 e. The van der Waals surface area contributed by atoms with Crippen LogP contribution in [0.4, 0.5) is 5.69 Å². The molecule has 0 saturated heterocycles. The number of aromatic nitrogens is 2. The van der Waals surface area contributed by atoms with E-state index < -0.39 is 0 Å². The van der Waals surface area contributed by atoms with Gasteiger partial charge in [0, 0.05) is 18.7 Å². The van der Waals surface area contributed by atoms with Gasteiger partial charge in [-0.2, -0.15) is 0 Å². The second-order valence-corrected chi connectivity index (χ2v) is 4.73. The Morgan fingerprint density at radius 2 is 1.95 bits per heavy atom. The van der Waals surface area contributed by atoms with Gasteiger partial charge in [-0.3, -0.25) is 0 Å². The predicted octanol–water partition coefficient (Wildman–Crippen LogP) is 2.64. The fraction of sp³-hybridized carbons (Fsp3) is 0.333. The Bertz CT molecular complexity index is 523. The van der Waals surface area contributed by atoms with Crippen LogP contribution in [0.15, 0.2) is 36.5 Å². The van der Waals surface area contributed by atoms with E-state index in [0.29, 0.717) is 12.5 Å². The highest BCUT2D eigenvalue weighted by molar-refractivity contribution is 5.58. The fourth-order valence-corrected chi connectivity index (χ4v) is 1.90. The Kier molecular flexibility index (Phi) is 4.47. The largest absolute Gasteiger partial charge is 0.381 e. The van der Waals surface area contributed by atoms with E-state index in [1.165, 1.54) is 0 Å². The molecule has 2 rings (SSSR count). The summed E-state index contributed by atoms with van der Waals surface area (Å²) in [7, 11) is 0. The van der Waals surface area contributed by atoms with Gasteiger partial charge in [-0.15, -0.1) is 0 Å². The van der Waals surface area contributed by atoms with Crippen LogP contribution < -0.4 is 11.1 Å². The van der Waals surface area contributed by atoms with Gasteiger partial charge in [0.25, 0.3) is 0 Å².